The molecule has 0 atom stereocenters. The van der Waals surface area contributed by atoms with Crippen molar-refractivity contribution in [3.8, 4) is 11.5 Å². The zero-order valence-corrected chi connectivity index (χ0v) is 18.7. The van der Waals surface area contributed by atoms with Gasteiger partial charge in [-0.05, 0) is 57.6 Å². The van der Waals surface area contributed by atoms with Crippen LogP contribution in [0, 0.1) is 19.8 Å². The van der Waals surface area contributed by atoms with Crippen molar-refractivity contribution in [3.05, 3.63) is 47.4 Å². The van der Waals surface area contributed by atoms with Crippen molar-refractivity contribution in [2.45, 2.75) is 64.2 Å². The third-order valence-electron chi connectivity index (χ3n) is 7.05. The summed E-state index contributed by atoms with van der Waals surface area (Å²) >= 11 is 0. The van der Waals surface area contributed by atoms with Gasteiger partial charge < -0.3 is 13.9 Å². The number of carbonyl (C=O) groups is 1. The van der Waals surface area contributed by atoms with Gasteiger partial charge in [-0.25, -0.2) is 0 Å². The van der Waals surface area contributed by atoms with Crippen molar-refractivity contribution >= 4 is 5.91 Å². The molecule has 8 heteroatoms. The lowest BCUT2D eigenvalue weighted by atomic mass is 9.73. The average Bonchev–Trinajstić information content (AvgIpc) is 3.36. The van der Waals surface area contributed by atoms with Crippen LogP contribution in [0.3, 0.4) is 0 Å². The molecule has 0 aromatic carbocycles. The van der Waals surface area contributed by atoms with Crippen LogP contribution < -0.4 is 0 Å². The van der Waals surface area contributed by atoms with Crippen LogP contribution in [0.25, 0.3) is 11.5 Å². The Morgan fingerprint density at radius 2 is 1.88 bits per heavy atom. The number of aryl methyl sites for hydroxylation is 2. The molecule has 0 N–H and O–H groups in total. The van der Waals surface area contributed by atoms with E-state index < -0.39 is 0 Å². The van der Waals surface area contributed by atoms with E-state index in [0.717, 1.165) is 66.7 Å². The topological polar surface area (TPSA) is 98.2 Å². The average molecular weight is 436 g/mol. The van der Waals surface area contributed by atoms with Gasteiger partial charge in [0.25, 0.3) is 5.89 Å². The van der Waals surface area contributed by atoms with Crippen molar-refractivity contribution in [2.75, 3.05) is 13.1 Å². The molecule has 0 radical (unpaired) electrons. The highest BCUT2D eigenvalue weighted by molar-refractivity contribution is 5.76. The Hall–Kier alpha value is -3.03. The molecule has 4 heterocycles. The molecule has 32 heavy (non-hydrogen) atoms. The van der Waals surface area contributed by atoms with Crippen LogP contribution in [0.15, 0.2) is 33.6 Å². The maximum Gasteiger partial charge on any atom is 0.258 e. The van der Waals surface area contributed by atoms with Crippen LogP contribution in [0.4, 0.5) is 0 Å². The van der Waals surface area contributed by atoms with Crippen LogP contribution in [0.1, 0.15) is 61.4 Å². The quantitative estimate of drug-likeness (QED) is 0.552. The molecule has 1 saturated carbocycles. The molecule has 0 unspecified atom stereocenters. The molecule has 8 nitrogen and oxygen atoms in total. The van der Waals surface area contributed by atoms with Crippen LogP contribution >= 0.6 is 0 Å². The predicted octanol–water partition coefficient (Wildman–Crippen LogP) is 4.03. The number of amides is 1. The largest absolute Gasteiger partial charge is 0.361 e. The summed E-state index contributed by atoms with van der Waals surface area (Å²) in [6.07, 6.45) is 9.97. The van der Waals surface area contributed by atoms with Gasteiger partial charge in [0.05, 0.1) is 5.69 Å². The fourth-order valence-electron chi connectivity index (χ4n) is 4.88. The summed E-state index contributed by atoms with van der Waals surface area (Å²) in [5.74, 6) is 3.06. The molecule has 5 rings (SSSR count). The molecule has 0 bridgehead atoms. The lowest BCUT2D eigenvalue weighted by molar-refractivity contribution is -0.132. The van der Waals surface area contributed by atoms with Crippen LogP contribution in [-0.4, -0.2) is 44.2 Å². The van der Waals surface area contributed by atoms with Gasteiger partial charge in [-0.1, -0.05) is 23.2 Å². The Balaban J connectivity index is 1.26. The van der Waals surface area contributed by atoms with Crippen LogP contribution in [0.2, 0.25) is 0 Å². The van der Waals surface area contributed by atoms with E-state index >= 15 is 0 Å². The Bertz CT molecular complexity index is 1060. The minimum atomic E-state index is -0.117. The van der Waals surface area contributed by atoms with E-state index in [2.05, 4.69) is 15.3 Å². The van der Waals surface area contributed by atoms with Gasteiger partial charge in [0.2, 0.25) is 5.91 Å². The summed E-state index contributed by atoms with van der Waals surface area (Å²) in [6.45, 7) is 5.28. The van der Waals surface area contributed by atoms with E-state index in [1.165, 1.54) is 12.8 Å². The third kappa shape index (κ3) is 4.18. The number of hydrogen-bond donors (Lipinski definition) is 0. The summed E-state index contributed by atoms with van der Waals surface area (Å²) in [5.41, 5.74) is 2.69. The van der Waals surface area contributed by atoms with E-state index in [0.29, 0.717) is 18.7 Å². The van der Waals surface area contributed by atoms with E-state index in [1.807, 2.05) is 30.9 Å². The third-order valence-corrected chi connectivity index (χ3v) is 7.05. The van der Waals surface area contributed by atoms with Gasteiger partial charge in [0, 0.05) is 48.4 Å². The van der Waals surface area contributed by atoms with Gasteiger partial charge in [-0.15, -0.1) is 0 Å². The highest BCUT2D eigenvalue weighted by atomic mass is 16.5. The summed E-state index contributed by atoms with van der Waals surface area (Å²) in [6, 6.07) is 3.76. The van der Waals surface area contributed by atoms with Crippen molar-refractivity contribution in [1.29, 1.82) is 0 Å². The minimum absolute atomic E-state index is 0.117. The number of rotatable bonds is 7. The summed E-state index contributed by atoms with van der Waals surface area (Å²) < 4.78 is 10.8. The van der Waals surface area contributed by atoms with E-state index in [9.17, 15) is 4.79 Å². The van der Waals surface area contributed by atoms with Crippen molar-refractivity contribution in [2.24, 2.45) is 5.92 Å². The molecular weight excluding hydrogens is 406 g/mol. The molecule has 1 aliphatic carbocycles. The summed E-state index contributed by atoms with van der Waals surface area (Å²) in [5, 5.41) is 8.39. The molecule has 3 aromatic heterocycles. The second-order valence-corrected chi connectivity index (χ2v) is 9.27. The van der Waals surface area contributed by atoms with Crippen LogP contribution in [0.5, 0.6) is 0 Å². The number of likely N-dealkylation sites (tertiary alicyclic amines) is 1. The lowest BCUT2D eigenvalue weighted by Gasteiger charge is -2.40. The SMILES string of the molecule is Cc1noc(C)c1CCC(=O)N1CCC(CC2CC2)(c2noc(-c3ccncc3)n2)CC1. The molecule has 1 amide bonds. The highest BCUT2D eigenvalue weighted by Gasteiger charge is 2.44. The second-order valence-electron chi connectivity index (χ2n) is 9.27. The number of aromatic nitrogens is 4. The normalized spacial score (nSPS) is 18.1. The number of piperidine rings is 1. The van der Waals surface area contributed by atoms with Gasteiger partial charge in [0.1, 0.15) is 5.76 Å². The predicted molar refractivity (Wildman–Crippen MR) is 117 cm³/mol. The summed E-state index contributed by atoms with van der Waals surface area (Å²) in [4.78, 5) is 23.7. The number of pyridine rings is 1. The number of nitrogens with zero attached hydrogens (tertiary/aromatic N) is 5. The van der Waals surface area contributed by atoms with Crippen molar-refractivity contribution < 1.29 is 13.8 Å². The lowest BCUT2D eigenvalue weighted by Crippen LogP contribution is -2.46. The maximum absolute atomic E-state index is 12.9. The Morgan fingerprint density at radius 1 is 1.12 bits per heavy atom. The fraction of sp³-hybridized carbons (Fsp3) is 0.542. The highest BCUT2D eigenvalue weighted by Crippen LogP contribution is 2.46. The molecule has 3 aromatic rings. The van der Waals surface area contributed by atoms with Crippen molar-refractivity contribution in [3.63, 3.8) is 0 Å². The first-order valence-electron chi connectivity index (χ1n) is 11.5. The molecule has 1 saturated heterocycles. The van der Waals surface area contributed by atoms with E-state index in [1.54, 1.807) is 12.4 Å². The van der Waals surface area contributed by atoms with Crippen molar-refractivity contribution in [1.82, 2.24) is 25.2 Å². The Labute approximate surface area is 187 Å². The zero-order chi connectivity index (χ0) is 22.1. The molecule has 2 fully saturated rings. The summed E-state index contributed by atoms with van der Waals surface area (Å²) in [7, 11) is 0. The first-order valence-corrected chi connectivity index (χ1v) is 11.5. The van der Waals surface area contributed by atoms with Gasteiger partial charge in [0.15, 0.2) is 5.82 Å². The van der Waals surface area contributed by atoms with Crippen LogP contribution in [-0.2, 0) is 16.6 Å². The van der Waals surface area contributed by atoms with E-state index in [-0.39, 0.29) is 11.3 Å². The molecule has 0 spiro atoms. The van der Waals surface area contributed by atoms with Gasteiger partial charge in [-0.2, -0.15) is 4.98 Å². The molecule has 2 aliphatic rings. The maximum atomic E-state index is 12.9. The van der Waals surface area contributed by atoms with Gasteiger partial charge in [-0.3, -0.25) is 9.78 Å². The smallest absolute Gasteiger partial charge is 0.258 e. The number of carbonyl (C=O) groups excluding carboxylic acids is 1. The fourth-order valence-corrected chi connectivity index (χ4v) is 4.88. The van der Waals surface area contributed by atoms with Gasteiger partial charge >= 0.3 is 0 Å². The van der Waals surface area contributed by atoms with E-state index in [4.69, 9.17) is 14.0 Å². The Kier molecular flexibility index (Phi) is 5.53. The molecule has 168 valence electrons. The molecule has 1 aliphatic heterocycles. The first-order chi connectivity index (χ1) is 15.5. The Morgan fingerprint density at radius 3 is 2.53 bits per heavy atom. The first kappa shape index (κ1) is 20.8. The second kappa shape index (κ2) is 8.48. The minimum Gasteiger partial charge on any atom is -0.361 e. The monoisotopic (exact) mass is 435 g/mol. The zero-order valence-electron chi connectivity index (χ0n) is 18.7. The molecular formula is C24H29N5O3. The standard InChI is InChI=1S/C24H29N5O3/c1-16-20(17(2)31-27-16)5-6-21(30)29-13-9-24(10-14-29,15-18-3-4-18)23-26-22(32-28-23)19-7-11-25-12-8-19/h7-8,11-12,18H,3-6,9-10,13-15H2,1-2H3. The number of hydrogen-bond acceptors (Lipinski definition) is 7.